The largest absolute Gasteiger partial charge is 0.360 e. The topological polar surface area (TPSA) is 87.5 Å². The molecule has 2 amide bonds. The van der Waals surface area contributed by atoms with Crippen molar-refractivity contribution in [3.8, 4) is 0 Å². The van der Waals surface area contributed by atoms with E-state index >= 15 is 0 Å². The summed E-state index contributed by atoms with van der Waals surface area (Å²) in [5.41, 5.74) is 0. The number of nitrogens with zero attached hydrogens (tertiary/aromatic N) is 2. The zero-order valence-corrected chi connectivity index (χ0v) is 16.8. The van der Waals surface area contributed by atoms with Gasteiger partial charge in [0.1, 0.15) is 5.76 Å². The molecule has 0 radical (unpaired) electrons. The second kappa shape index (κ2) is 8.67. The van der Waals surface area contributed by atoms with Crippen LogP contribution >= 0.6 is 11.3 Å². The summed E-state index contributed by atoms with van der Waals surface area (Å²) in [6.45, 7) is 7.34. The number of likely N-dealkylation sites (tertiary alicyclic amines) is 1. The van der Waals surface area contributed by atoms with E-state index in [2.05, 4.69) is 20.7 Å². The van der Waals surface area contributed by atoms with Crippen LogP contribution in [0, 0.1) is 13.8 Å². The molecule has 3 rings (SSSR count). The van der Waals surface area contributed by atoms with Crippen molar-refractivity contribution in [3.63, 3.8) is 0 Å². The van der Waals surface area contributed by atoms with E-state index < -0.39 is 0 Å². The predicted octanol–water partition coefficient (Wildman–Crippen LogP) is 2.96. The van der Waals surface area contributed by atoms with E-state index in [1.54, 1.807) is 13.0 Å². The number of carbonyl (C=O) groups excluding carboxylic acids is 2. The van der Waals surface area contributed by atoms with Gasteiger partial charge in [0, 0.05) is 30.1 Å². The molecule has 0 spiro atoms. The van der Waals surface area contributed by atoms with Crippen molar-refractivity contribution in [2.24, 2.45) is 0 Å². The summed E-state index contributed by atoms with van der Waals surface area (Å²) >= 11 is 1.51. The second-order valence-corrected chi connectivity index (χ2v) is 8.22. The van der Waals surface area contributed by atoms with E-state index in [1.165, 1.54) is 11.3 Å². The number of piperidine rings is 1. The number of thiophene rings is 1. The molecule has 0 bridgehead atoms. The van der Waals surface area contributed by atoms with Crippen molar-refractivity contribution in [3.05, 3.63) is 33.7 Å². The second-order valence-electron chi connectivity index (χ2n) is 6.93. The van der Waals surface area contributed by atoms with E-state index in [9.17, 15) is 9.59 Å². The predicted molar refractivity (Wildman–Crippen MR) is 105 cm³/mol. The Balaban J connectivity index is 1.50. The van der Waals surface area contributed by atoms with E-state index in [0.29, 0.717) is 18.0 Å². The fourth-order valence-electron chi connectivity index (χ4n) is 3.41. The number of aryl methyl sites for hydroxylation is 2. The van der Waals surface area contributed by atoms with Crippen LogP contribution in [0.2, 0.25) is 0 Å². The molecule has 1 atom stereocenters. The van der Waals surface area contributed by atoms with Gasteiger partial charge in [-0.1, -0.05) is 12.1 Å². The highest BCUT2D eigenvalue weighted by atomic mass is 32.1. The lowest BCUT2D eigenvalue weighted by Gasteiger charge is -2.36. The number of carbonyl (C=O) groups is 2. The smallest absolute Gasteiger partial charge is 0.261 e. The highest BCUT2D eigenvalue weighted by Gasteiger charge is 2.29. The fraction of sp³-hybridized carbons (Fsp3) is 0.526. The third kappa shape index (κ3) is 4.95. The van der Waals surface area contributed by atoms with Gasteiger partial charge in [0.25, 0.3) is 5.91 Å². The Hall–Kier alpha value is -2.19. The average Bonchev–Trinajstić information content (AvgIpc) is 3.25. The van der Waals surface area contributed by atoms with Gasteiger partial charge in [0.05, 0.1) is 10.9 Å². The van der Waals surface area contributed by atoms with Crippen LogP contribution < -0.4 is 10.6 Å². The molecule has 146 valence electrons. The molecule has 8 heteroatoms. The summed E-state index contributed by atoms with van der Waals surface area (Å²) in [7, 11) is 0. The van der Waals surface area contributed by atoms with Gasteiger partial charge in [-0.3, -0.25) is 14.5 Å². The van der Waals surface area contributed by atoms with Crippen molar-refractivity contribution in [2.75, 3.05) is 18.4 Å². The summed E-state index contributed by atoms with van der Waals surface area (Å²) in [6, 6.07) is 5.48. The molecule has 3 heterocycles. The first-order valence-corrected chi connectivity index (χ1v) is 10.1. The third-order valence-corrected chi connectivity index (χ3v) is 5.84. The lowest BCUT2D eigenvalue weighted by molar-refractivity contribution is -0.122. The van der Waals surface area contributed by atoms with E-state index in [-0.39, 0.29) is 23.9 Å². The number of hydrogen-bond acceptors (Lipinski definition) is 6. The van der Waals surface area contributed by atoms with Crippen molar-refractivity contribution in [1.82, 2.24) is 15.4 Å². The van der Waals surface area contributed by atoms with E-state index in [4.69, 9.17) is 4.52 Å². The number of nitrogens with one attached hydrogen (secondary N) is 2. The SMILES string of the molecule is CCC(C(=O)Nc1cc(C)on1)N1CCC(NC(=O)c2ccc(C)s2)CC1. The molecule has 2 aromatic heterocycles. The zero-order chi connectivity index (χ0) is 19.4. The average molecular weight is 391 g/mol. The minimum absolute atomic E-state index is 0.00210. The molecule has 1 fully saturated rings. The van der Waals surface area contributed by atoms with Crippen molar-refractivity contribution in [1.29, 1.82) is 0 Å². The molecule has 0 saturated carbocycles. The molecule has 0 aliphatic carbocycles. The molecule has 1 unspecified atom stereocenters. The molecule has 1 aliphatic rings. The van der Waals surface area contributed by atoms with Crippen LogP contribution in [0.15, 0.2) is 22.7 Å². The number of amides is 2. The Bertz CT molecular complexity index is 792. The Morgan fingerprint density at radius 1 is 1.33 bits per heavy atom. The van der Waals surface area contributed by atoms with Gasteiger partial charge in [-0.05, 0) is 45.2 Å². The summed E-state index contributed by atoms with van der Waals surface area (Å²) in [4.78, 5) is 29.0. The standard InChI is InChI=1S/C19H26N4O3S/c1-4-15(18(24)21-17-11-12(2)26-22-17)23-9-7-14(8-10-23)20-19(25)16-6-5-13(3)27-16/h5-6,11,14-15H,4,7-10H2,1-3H3,(H,20,25)(H,21,22,24). The maximum Gasteiger partial charge on any atom is 0.261 e. The minimum Gasteiger partial charge on any atom is -0.360 e. The van der Waals surface area contributed by atoms with Gasteiger partial charge in [0.15, 0.2) is 5.82 Å². The Kier molecular flexibility index (Phi) is 6.28. The molecule has 1 saturated heterocycles. The quantitative estimate of drug-likeness (QED) is 0.792. The molecule has 7 nitrogen and oxygen atoms in total. The molecule has 1 aliphatic heterocycles. The van der Waals surface area contributed by atoms with Crippen molar-refractivity contribution < 1.29 is 14.1 Å². The van der Waals surface area contributed by atoms with Crippen LogP contribution in [0.5, 0.6) is 0 Å². The number of rotatable bonds is 6. The van der Waals surface area contributed by atoms with Gasteiger partial charge < -0.3 is 15.2 Å². The van der Waals surface area contributed by atoms with Crippen LogP contribution in [0.1, 0.15) is 46.5 Å². The molecular weight excluding hydrogens is 364 g/mol. The van der Waals surface area contributed by atoms with Crippen LogP contribution in [0.3, 0.4) is 0 Å². The maximum atomic E-state index is 12.6. The molecule has 2 aromatic rings. The maximum absolute atomic E-state index is 12.6. The molecule has 2 N–H and O–H groups in total. The van der Waals surface area contributed by atoms with Gasteiger partial charge in [-0.2, -0.15) is 0 Å². The Morgan fingerprint density at radius 2 is 2.07 bits per heavy atom. The minimum atomic E-state index is -0.210. The monoisotopic (exact) mass is 390 g/mol. The summed E-state index contributed by atoms with van der Waals surface area (Å²) in [6.07, 6.45) is 2.39. The number of aromatic nitrogens is 1. The first kappa shape index (κ1) is 19.6. The third-order valence-electron chi connectivity index (χ3n) is 4.84. The number of anilines is 1. The molecular formula is C19H26N4O3S. The van der Waals surface area contributed by atoms with Gasteiger partial charge in [-0.15, -0.1) is 11.3 Å². The van der Waals surface area contributed by atoms with Crippen LogP contribution in [0.25, 0.3) is 0 Å². The summed E-state index contributed by atoms with van der Waals surface area (Å²) in [5.74, 6) is 1.04. The van der Waals surface area contributed by atoms with Gasteiger partial charge in [-0.25, -0.2) is 0 Å². The summed E-state index contributed by atoms with van der Waals surface area (Å²) < 4.78 is 5.00. The normalized spacial score (nSPS) is 16.9. The lowest BCUT2D eigenvalue weighted by Crippen LogP contribution is -2.51. The van der Waals surface area contributed by atoms with Crippen LogP contribution in [0.4, 0.5) is 5.82 Å². The van der Waals surface area contributed by atoms with Crippen LogP contribution in [-0.4, -0.2) is 47.0 Å². The van der Waals surface area contributed by atoms with Crippen molar-refractivity contribution >= 4 is 29.0 Å². The van der Waals surface area contributed by atoms with Crippen LogP contribution in [-0.2, 0) is 4.79 Å². The first-order chi connectivity index (χ1) is 13.0. The Morgan fingerprint density at radius 3 is 2.63 bits per heavy atom. The van der Waals surface area contributed by atoms with Gasteiger partial charge in [0.2, 0.25) is 5.91 Å². The van der Waals surface area contributed by atoms with E-state index in [1.807, 2.05) is 26.0 Å². The Labute approximate surface area is 163 Å². The molecule has 27 heavy (non-hydrogen) atoms. The highest BCUT2D eigenvalue weighted by Crippen LogP contribution is 2.19. The first-order valence-electron chi connectivity index (χ1n) is 9.31. The summed E-state index contributed by atoms with van der Waals surface area (Å²) in [5, 5.41) is 9.76. The van der Waals surface area contributed by atoms with Gasteiger partial charge >= 0.3 is 0 Å². The highest BCUT2D eigenvalue weighted by molar-refractivity contribution is 7.13. The lowest BCUT2D eigenvalue weighted by atomic mass is 10.0. The van der Waals surface area contributed by atoms with E-state index in [0.717, 1.165) is 35.7 Å². The zero-order valence-electron chi connectivity index (χ0n) is 15.9. The molecule has 0 aromatic carbocycles. The van der Waals surface area contributed by atoms with Crippen molar-refractivity contribution in [2.45, 2.75) is 52.1 Å². The number of hydrogen-bond donors (Lipinski definition) is 2. The fourth-order valence-corrected chi connectivity index (χ4v) is 4.18.